The van der Waals surface area contributed by atoms with E-state index in [1.807, 2.05) is 37.3 Å². The Balaban J connectivity index is 1.81. The van der Waals surface area contributed by atoms with E-state index in [0.29, 0.717) is 13.2 Å². The van der Waals surface area contributed by atoms with Gasteiger partial charge in [-0.2, -0.15) is 0 Å². The fourth-order valence-corrected chi connectivity index (χ4v) is 2.77. The molecule has 1 N–H and O–H groups in total. The molecule has 0 aliphatic carbocycles. The lowest BCUT2D eigenvalue weighted by atomic mass is 9.91. The lowest BCUT2D eigenvalue weighted by Gasteiger charge is -2.34. The van der Waals surface area contributed by atoms with Gasteiger partial charge in [0, 0.05) is 6.61 Å². The number of ketones is 1. The monoisotopic (exact) mass is 293 g/mol. The van der Waals surface area contributed by atoms with Crippen molar-refractivity contribution in [2.24, 2.45) is 5.92 Å². The normalized spacial score (nSPS) is 32.3. The molecule has 2 heterocycles. The Hall–Kier alpha value is -1.47. The Kier molecular flexibility index (Phi) is 4.21. The van der Waals surface area contributed by atoms with E-state index in [1.54, 1.807) is 5.06 Å². The molecule has 2 aliphatic heterocycles. The number of para-hydroxylation sites is 1. The number of carbonyl (C=O) groups is 1. The number of ether oxygens (including phenoxy) is 2. The Bertz CT molecular complexity index is 494. The molecule has 4 atom stereocenters. The number of hydrogen-bond donors (Lipinski definition) is 1. The van der Waals surface area contributed by atoms with Crippen molar-refractivity contribution in [2.45, 2.75) is 25.4 Å². The first-order valence-corrected chi connectivity index (χ1v) is 7.15. The Morgan fingerprint density at radius 1 is 1.38 bits per heavy atom. The van der Waals surface area contributed by atoms with Crippen LogP contribution in [0.5, 0.6) is 0 Å². The standard InChI is InChI=1S/C15H19NO5/c1-2-19-15-14-11(13(18)12(9-17)20-15)8-16(21-14)10-6-4-3-5-7-10/h3-7,11-12,14-15,17H,2,8-9H2,1H3/t11-,12+,14-,15-/m0/s1. The number of fused-ring (bicyclic) bond motifs is 1. The van der Waals surface area contributed by atoms with Crippen LogP contribution in [-0.4, -0.2) is 49.1 Å². The van der Waals surface area contributed by atoms with Gasteiger partial charge in [0.1, 0.15) is 12.2 Å². The second-order valence-electron chi connectivity index (χ2n) is 5.11. The summed E-state index contributed by atoms with van der Waals surface area (Å²) in [6.45, 7) is 2.41. The summed E-state index contributed by atoms with van der Waals surface area (Å²) in [5.74, 6) is -0.482. The molecule has 1 aromatic carbocycles. The highest BCUT2D eigenvalue weighted by atomic mass is 16.8. The number of nitrogens with zero attached hydrogens (tertiary/aromatic N) is 1. The summed E-state index contributed by atoms with van der Waals surface area (Å²) in [6.07, 6.45) is -1.94. The number of carbonyl (C=O) groups excluding carboxylic acids is 1. The molecular weight excluding hydrogens is 274 g/mol. The number of hydroxylamine groups is 1. The summed E-state index contributed by atoms with van der Waals surface area (Å²) in [5, 5.41) is 11.0. The minimum absolute atomic E-state index is 0.128. The molecule has 2 aliphatic rings. The van der Waals surface area contributed by atoms with Crippen LogP contribution >= 0.6 is 0 Å². The van der Waals surface area contributed by atoms with Crippen LogP contribution in [-0.2, 0) is 19.1 Å². The van der Waals surface area contributed by atoms with Crippen LogP contribution in [0.2, 0.25) is 0 Å². The van der Waals surface area contributed by atoms with Gasteiger partial charge in [-0.15, -0.1) is 0 Å². The van der Waals surface area contributed by atoms with Crippen LogP contribution < -0.4 is 5.06 Å². The number of rotatable bonds is 4. The number of Topliss-reactive ketones (excluding diaryl/α,β-unsaturated/α-hetero) is 1. The average Bonchev–Trinajstić information content (AvgIpc) is 2.97. The lowest BCUT2D eigenvalue weighted by molar-refractivity contribution is -0.244. The summed E-state index contributed by atoms with van der Waals surface area (Å²) < 4.78 is 11.0. The van der Waals surface area contributed by atoms with E-state index in [1.165, 1.54) is 0 Å². The molecule has 6 nitrogen and oxygen atoms in total. The highest BCUT2D eigenvalue weighted by Gasteiger charge is 2.51. The van der Waals surface area contributed by atoms with E-state index in [9.17, 15) is 9.90 Å². The van der Waals surface area contributed by atoms with E-state index in [4.69, 9.17) is 14.3 Å². The van der Waals surface area contributed by atoms with Crippen molar-refractivity contribution in [3.63, 3.8) is 0 Å². The van der Waals surface area contributed by atoms with Crippen LogP contribution in [0.4, 0.5) is 5.69 Å². The number of benzene rings is 1. The van der Waals surface area contributed by atoms with Crippen molar-refractivity contribution in [1.29, 1.82) is 0 Å². The number of aliphatic hydroxyl groups is 1. The zero-order valence-corrected chi connectivity index (χ0v) is 11.8. The van der Waals surface area contributed by atoms with Crippen LogP contribution in [0.3, 0.4) is 0 Å². The van der Waals surface area contributed by atoms with Crippen LogP contribution in [0.25, 0.3) is 0 Å². The van der Waals surface area contributed by atoms with Crippen LogP contribution in [0.1, 0.15) is 6.92 Å². The molecule has 0 saturated carbocycles. The average molecular weight is 293 g/mol. The molecule has 1 aromatic rings. The molecule has 0 bridgehead atoms. The first-order valence-electron chi connectivity index (χ1n) is 7.15. The van der Waals surface area contributed by atoms with Gasteiger partial charge in [-0.25, -0.2) is 0 Å². The quantitative estimate of drug-likeness (QED) is 0.883. The third-order valence-corrected chi connectivity index (χ3v) is 3.80. The molecule has 2 saturated heterocycles. The van der Waals surface area contributed by atoms with Crippen molar-refractivity contribution in [3.8, 4) is 0 Å². The van der Waals surface area contributed by atoms with E-state index in [0.717, 1.165) is 5.69 Å². The minimum atomic E-state index is -0.831. The minimum Gasteiger partial charge on any atom is -0.393 e. The highest BCUT2D eigenvalue weighted by Crippen LogP contribution is 2.34. The van der Waals surface area contributed by atoms with Crippen molar-refractivity contribution >= 4 is 11.5 Å². The molecule has 6 heteroatoms. The molecule has 0 amide bonds. The second kappa shape index (κ2) is 6.11. The molecule has 0 unspecified atom stereocenters. The summed E-state index contributed by atoms with van der Waals surface area (Å²) in [5.41, 5.74) is 0.885. The summed E-state index contributed by atoms with van der Waals surface area (Å²) in [7, 11) is 0. The predicted molar refractivity (Wildman–Crippen MR) is 74.5 cm³/mol. The molecular formula is C15H19NO5. The fraction of sp³-hybridized carbons (Fsp3) is 0.533. The van der Waals surface area contributed by atoms with Gasteiger partial charge in [0.05, 0.1) is 24.8 Å². The summed E-state index contributed by atoms with van der Waals surface area (Å²) in [6, 6.07) is 9.58. The van der Waals surface area contributed by atoms with Gasteiger partial charge in [0.25, 0.3) is 0 Å². The van der Waals surface area contributed by atoms with Gasteiger partial charge >= 0.3 is 0 Å². The largest absolute Gasteiger partial charge is 0.393 e. The van der Waals surface area contributed by atoms with E-state index in [-0.39, 0.29) is 18.3 Å². The smallest absolute Gasteiger partial charge is 0.188 e. The van der Waals surface area contributed by atoms with Crippen LogP contribution in [0.15, 0.2) is 30.3 Å². The zero-order valence-electron chi connectivity index (χ0n) is 11.8. The molecule has 0 radical (unpaired) electrons. The highest BCUT2D eigenvalue weighted by molar-refractivity contribution is 5.87. The van der Waals surface area contributed by atoms with Gasteiger partial charge < -0.3 is 14.6 Å². The lowest BCUT2D eigenvalue weighted by Crippen LogP contribution is -2.52. The maximum Gasteiger partial charge on any atom is 0.188 e. The van der Waals surface area contributed by atoms with Gasteiger partial charge in [0.15, 0.2) is 12.1 Å². The molecule has 114 valence electrons. The van der Waals surface area contributed by atoms with Gasteiger partial charge in [0.2, 0.25) is 0 Å². The first-order chi connectivity index (χ1) is 10.2. The van der Waals surface area contributed by atoms with Gasteiger partial charge in [-0.3, -0.25) is 14.7 Å². The number of anilines is 1. The molecule has 3 rings (SSSR count). The molecule has 0 spiro atoms. The van der Waals surface area contributed by atoms with E-state index < -0.39 is 18.5 Å². The Labute approximate surface area is 123 Å². The maximum atomic E-state index is 12.3. The summed E-state index contributed by atoms with van der Waals surface area (Å²) in [4.78, 5) is 18.2. The van der Waals surface area contributed by atoms with Gasteiger partial charge in [-0.1, -0.05) is 18.2 Å². The van der Waals surface area contributed by atoms with Gasteiger partial charge in [-0.05, 0) is 19.1 Å². The van der Waals surface area contributed by atoms with E-state index in [2.05, 4.69) is 0 Å². The molecule has 0 aromatic heterocycles. The van der Waals surface area contributed by atoms with Crippen molar-refractivity contribution < 1.29 is 24.2 Å². The Morgan fingerprint density at radius 2 is 2.14 bits per heavy atom. The molecule has 21 heavy (non-hydrogen) atoms. The van der Waals surface area contributed by atoms with Crippen molar-refractivity contribution in [1.82, 2.24) is 0 Å². The van der Waals surface area contributed by atoms with Crippen molar-refractivity contribution in [2.75, 3.05) is 24.8 Å². The van der Waals surface area contributed by atoms with E-state index >= 15 is 0 Å². The number of hydrogen-bond acceptors (Lipinski definition) is 6. The summed E-state index contributed by atoms with van der Waals surface area (Å²) >= 11 is 0. The first kappa shape index (κ1) is 14.5. The predicted octanol–water partition coefficient (Wildman–Crippen LogP) is 0.746. The van der Waals surface area contributed by atoms with Crippen molar-refractivity contribution in [3.05, 3.63) is 30.3 Å². The topological polar surface area (TPSA) is 68.2 Å². The maximum absolute atomic E-state index is 12.3. The SMILES string of the molecule is CCO[C@H]1O[C@H](CO)C(=O)[C@@H]2CN(c3ccccc3)O[C@H]12. The third-order valence-electron chi connectivity index (χ3n) is 3.80. The zero-order chi connectivity index (χ0) is 14.8. The fourth-order valence-electron chi connectivity index (χ4n) is 2.77. The third kappa shape index (κ3) is 2.67. The number of aliphatic hydroxyl groups excluding tert-OH is 1. The Morgan fingerprint density at radius 3 is 2.81 bits per heavy atom. The van der Waals surface area contributed by atoms with Crippen LogP contribution in [0, 0.1) is 5.92 Å². The second-order valence-corrected chi connectivity index (χ2v) is 5.11. The molecule has 2 fully saturated rings.